The van der Waals surface area contributed by atoms with Crippen molar-refractivity contribution >= 4 is 23.8 Å². The molecule has 0 N–H and O–H groups in total. The molecule has 11 nitrogen and oxygen atoms in total. The van der Waals surface area contributed by atoms with Crippen LogP contribution in [0.1, 0.15) is 214 Å². The van der Waals surface area contributed by atoms with E-state index in [4.69, 9.17) is 9.47 Å². The van der Waals surface area contributed by atoms with Crippen molar-refractivity contribution in [1.29, 1.82) is 0 Å². The second-order valence-electron chi connectivity index (χ2n) is 18.5. The van der Waals surface area contributed by atoms with E-state index in [0.717, 1.165) is 110 Å². The highest BCUT2D eigenvalue weighted by Gasteiger charge is 2.26. The first-order chi connectivity index (χ1) is 30.8. The molecule has 0 aromatic carbocycles. The van der Waals surface area contributed by atoms with Crippen LogP contribution in [0.3, 0.4) is 0 Å². The van der Waals surface area contributed by atoms with Crippen LogP contribution in [0.4, 0.5) is 0 Å². The van der Waals surface area contributed by atoms with Crippen LogP contribution in [0.5, 0.6) is 0 Å². The normalized spacial score (nSPS) is 13.1. The summed E-state index contributed by atoms with van der Waals surface area (Å²) in [7, 11) is 0. The molecule has 2 amide bonds. The summed E-state index contributed by atoms with van der Waals surface area (Å²) < 4.78 is 10.9. The summed E-state index contributed by atoms with van der Waals surface area (Å²) in [5.41, 5.74) is 0. The number of amides is 2. The standard InChI is InChI=1S/C52H101N5O6/c1-6-11-16-19-21-23-26-35-54(38-31-33-52(61)63-46-29-15-10-5)47-49(58)56-41-43-57(44-42-56)50(59)48-55(36-27-24-22-20-17-12-7-2)40-39-53(34-25-18-13-8-3)37-30-32-51(60)62-45-28-14-9-4/h6-48H2,1-5H3. The van der Waals surface area contributed by atoms with Crippen molar-refractivity contribution in [2.45, 2.75) is 214 Å². The smallest absolute Gasteiger partial charge is 0.305 e. The van der Waals surface area contributed by atoms with Crippen molar-refractivity contribution in [2.24, 2.45) is 0 Å². The molecular formula is C52H101N5O6. The zero-order chi connectivity index (χ0) is 46.0. The van der Waals surface area contributed by atoms with E-state index in [2.05, 4.69) is 49.3 Å². The predicted octanol–water partition coefficient (Wildman–Crippen LogP) is 10.7. The number of piperazine rings is 1. The Morgan fingerprint density at radius 1 is 0.349 bits per heavy atom. The fraction of sp³-hybridized carbons (Fsp3) is 0.923. The number of carbonyl (C=O) groups is 4. The average Bonchev–Trinajstić information content (AvgIpc) is 3.28. The molecule has 11 heteroatoms. The molecule has 370 valence electrons. The molecule has 0 unspecified atom stereocenters. The minimum Gasteiger partial charge on any atom is -0.466 e. The predicted molar refractivity (Wildman–Crippen MR) is 262 cm³/mol. The van der Waals surface area contributed by atoms with Crippen LogP contribution >= 0.6 is 0 Å². The number of nitrogens with zero attached hydrogens (tertiary/aromatic N) is 5. The van der Waals surface area contributed by atoms with Crippen LogP contribution in [-0.2, 0) is 28.7 Å². The molecule has 1 rings (SSSR count). The number of hydrogen-bond acceptors (Lipinski definition) is 9. The van der Waals surface area contributed by atoms with E-state index in [1.807, 2.05) is 9.80 Å². The van der Waals surface area contributed by atoms with Crippen LogP contribution in [0, 0.1) is 0 Å². The van der Waals surface area contributed by atoms with Gasteiger partial charge in [-0.1, -0.05) is 157 Å². The number of unbranched alkanes of at least 4 members (excludes halogenated alkanes) is 19. The zero-order valence-corrected chi connectivity index (χ0v) is 42.1. The molecular weight excluding hydrogens is 791 g/mol. The van der Waals surface area contributed by atoms with Gasteiger partial charge in [0.15, 0.2) is 0 Å². The lowest BCUT2D eigenvalue weighted by atomic mass is 10.1. The van der Waals surface area contributed by atoms with E-state index < -0.39 is 0 Å². The summed E-state index contributed by atoms with van der Waals surface area (Å²) in [6.45, 7) is 21.2. The maximum absolute atomic E-state index is 13.9. The zero-order valence-electron chi connectivity index (χ0n) is 42.1. The molecule has 1 saturated heterocycles. The van der Waals surface area contributed by atoms with Crippen molar-refractivity contribution in [1.82, 2.24) is 24.5 Å². The Kier molecular flexibility index (Phi) is 39.6. The van der Waals surface area contributed by atoms with E-state index in [9.17, 15) is 19.2 Å². The molecule has 0 bridgehead atoms. The van der Waals surface area contributed by atoms with Crippen LogP contribution in [-0.4, -0.2) is 147 Å². The number of ether oxygens (including phenoxy) is 2. The van der Waals surface area contributed by atoms with Gasteiger partial charge in [0.05, 0.1) is 26.3 Å². The Labute approximate surface area is 388 Å². The second-order valence-corrected chi connectivity index (χ2v) is 18.5. The molecule has 0 aliphatic carbocycles. The quantitative estimate of drug-likeness (QED) is 0.0437. The van der Waals surface area contributed by atoms with Gasteiger partial charge in [-0.2, -0.15) is 0 Å². The molecule has 63 heavy (non-hydrogen) atoms. The Morgan fingerprint density at radius 3 is 1.05 bits per heavy atom. The molecule has 1 aliphatic rings. The molecule has 0 aromatic rings. The van der Waals surface area contributed by atoms with Gasteiger partial charge in [-0.05, 0) is 77.7 Å². The Bertz CT molecular complexity index is 1100. The average molecular weight is 892 g/mol. The Hall–Kier alpha value is -2.24. The Morgan fingerprint density at radius 2 is 0.635 bits per heavy atom. The van der Waals surface area contributed by atoms with Crippen LogP contribution in [0.15, 0.2) is 0 Å². The van der Waals surface area contributed by atoms with Crippen molar-refractivity contribution in [3.05, 3.63) is 0 Å². The van der Waals surface area contributed by atoms with Crippen molar-refractivity contribution in [3.8, 4) is 0 Å². The minimum atomic E-state index is -0.137. The van der Waals surface area contributed by atoms with Gasteiger partial charge in [0.1, 0.15) is 0 Å². The maximum Gasteiger partial charge on any atom is 0.305 e. The van der Waals surface area contributed by atoms with Gasteiger partial charge in [0.2, 0.25) is 11.8 Å². The lowest BCUT2D eigenvalue weighted by Crippen LogP contribution is -2.54. The first kappa shape index (κ1) is 58.8. The summed E-state index contributed by atoms with van der Waals surface area (Å²) in [5.74, 6) is 0.0590. The van der Waals surface area contributed by atoms with Gasteiger partial charge in [-0.3, -0.25) is 29.0 Å². The summed E-state index contributed by atoms with van der Waals surface area (Å²) in [6, 6.07) is 0. The first-order valence-electron chi connectivity index (χ1n) is 26.8. The molecule has 1 aliphatic heterocycles. The fourth-order valence-corrected chi connectivity index (χ4v) is 8.41. The number of carbonyl (C=O) groups excluding carboxylic acids is 4. The third-order valence-electron chi connectivity index (χ3n) is 12.7. The monoisotopic (exact) mass is 892 g/mol. The van der Waals surface area contributed by atoms with Crippen molar-refractivity contribution < 1.29 is 28.7 Å². The highest BCUT2D eigenvalue weighted by Crippen LogP contribution is 2.13. The molecule has 0 aromatic heterocycles. The highest BCUT2D eigenvalue weighted by molar-refractivity contribution is 5.80. The molecule has 0 spiro atoms. The summed E-state index contributed by atoms with van der Waals surface area (Å²) in [4.78, 5) is 63.4. The van der Waals surface area contributed by atoms with E-state index >= 15 is 0 Å². The van der Waals surface area contributed by atoms with Gasteiger partial charge in [-0.25, -0.2) is 0 Å². The molecule has 1 heterocycles. The van der Waals surface area contributed by atoms with E-state index in [1.54, 1.807) is 0 Å². The summed E-state index contributed by atoms with van der Waals surface area (Å²) >= 11 is 0. The van der Waals surface area contributed by atoms with Crippen molar-refractivity contribution in [2.75, 3.05) is 98.3 Å². The number of esters is 2. The van der Waals surface area contributed by atoms with Crippen LogP contribution < -0.4 is 0 Å². The number of rotatable bonds is 44. The molecule has 0 radical (unpaired) electrons. The highest BCUT2D eigenvalue weighted by atomic mass is 16.5. The van der Waals surface area contributed by atoms with Crippen LogP contribution in [0.25, 0.3) is 0 Å². The Balaban J connectivity index is 2.80. The minimum absolute atomic E-state index is 0.0853. The fourth-order valence-electron chi connectivity index (χ4n) is 8.41. The first-order valence-corrected chi connectivity index (χ1v) is 26.8. The van der Waals surface area contributed by atoms with E-state index in [0.29, 0.717) is 78.3 Å². The van der Waals surface area contributed by atoms with E-state index in [1.165, 1.54) is 89.9 Å². The lowest BCUT2D eigenvalue weighted by Gasteiger charge is -2.37. The topological polar surface area (TPSA) is 103 Å². The molecule has 0 atom stereocenters. The van der Waals surface area contributed by atoms with Gasteiger partial charge >= 0.3 is 11.9 Å². The molecule has 1 fully saturated rings. The van der Waals surface area contributed by atoms with Gasteiger partial charge in [0, 0.05) is 52.1 Å². The summed E-state index contributed by atoms with van der Waals surface area (Å²) in [6.07, 6.45) is 30.6. The van der Waals surface area contributed by atoms with E-state index in [-0.39, 0.29) is 23.8 Å². The maximum atomic E-state index is 13.9. The number of hydrogen-bond donors (Lipinski definition) is 0. The third-order valence-corrected chi connectivity index (χ3v) is 12.7. The summed E-state index contributed by atoms with van der Waals surface area (Å²) in [5, 5.41) is 0. The third kappa shape index (κ3) is 33.8. The van der Waals surface area contributed by atoms with Crippen LogP contribution in [0.2, 0.25) is 0 Å². The van der Waals surface area contributed by atoms with Gasteiger partial charge < -0.3 is 24.2 Å². The SMILES string of the molecule is CCCCCCCCCN(CCCC(=O)OCCCCC)CC(=O)N1CCN(C(=O)CN(CCCCCCCCC)CCN(CCCCCC)CCCC(=O)OCCCCC)CC1. The second kappa shape index (κ2) is 42.4. The van der Waals surface area contributed by atoms with Gasteiger partial charge in [0.25, 0.3) is 0 Å². The van der Waals surface area contributed by atoms with Crippen molar-refractivity contribution in [3.63, 3.8) is 0 Å². The molecule has 0 saturated carbocycles. The largest absolute Gasteiger partial charge is 0.466 e. The lowest BCUT2D eigenvalue weighted by molar-refractivity contribution is -0.144. The van der Waals surface area contributed by atoms with Gasteiger partial charge in [-0.15, -0.1) is 0 Å².